The molecule has 5 heteroatoms. The number of likely N-dealkylation sites (N-methyl/N-ethyl adjacent to an activating group) is 1. The minimum atomic E-state index is -0.723. The predicted molar refractivity (Wildman–Crippen MR) is 85.7 cm³/mol. The molecule has 0 aliphatic rings. The molecule has 2 amide bonds. The summed E-state index contributed by atoms with van der Waals surface area (Å²) in [5.41, 5.74) is 2.57. The molecule has 0 aliphatic heterocycles. The van der Waals surface area contributed by atoms with Crippen LogP contribution in [0.2, 0.25) is 0 Å². The second-order valence-electron chi connectivity index (χ2n) is 6.67. The normalized spacial score (nSPS) is 14.1. The molecule has 2 atom stereocenters. The fraction of sp³-hybridized carbons (Fsp3) is 0.529. The summed E-state index contributed by atoms with van der Waals surface area (Å²) in [4.78, 5) is 24.0. The second kappa shape index (κ2) is 7.40. The van der Waals surface area contributed by atoms with Gasteiger partial charge in [-0.3, -0.25) is 10.1 Å². The molecule has 122 valence electrons. The molecule has 1 aromatic carbocycles. The van der Waals surface area contributed by atoms with E-state index in [0.717, 1.165) is 10.5 Å². The number of hydrogen-bond donors (Lipinski definition) is 2. The number of amides is 2. The van der Waals surface area contributed by atoms with E-state index >= 15 is 0 Å². The number of imide groups is 1. The van der Waals surface area contributed by atoms with E-state index in [1.54, 1.807) is 6.92 Å². The number of ether oxygens (including phenoxy) is 1. The van der Waals surface area contributed by atoms with E-state index < -0.39 is 6.09 Å². The highest BCUT2D eigenvalue weighted by Crippen LogP contribution is 2.21. The number of methoxy groups -OCH3 is 1. The third-order valence-corrected chi connectivity index (χ3v) is 3.85. The van der Waals surface area contributed by atoms with E-state index in [1.165, 1.54) is 12.7 Å². The van der Waals surface area contributed by atoms with E-state index in [2.05, 4.69) is 55.1 Å². The van der Waals surface area contributed by atoms with Crippen molar-refractivity contribution in [3.63, 3.8) is 0 Å². The molecule has 5 nitrogen and oxygen atoms in total. The number of carbonyl (C=O) groups is 2. The van der Waals surface area contributed by atoms with Crippen molar-refractivity contribution in [2.24, 2.45) is 0 Å². The van der Waals surface area contributed by atoms with Gasteiger partial charge in [0, 0.05) is 5.56 Å². The highest BCUT2D eigenvalue weighted by molar-refractivity contribution is 5.93. The van der Waals surface area contributed by atoms with Gasteiger partial charge in [0.15, 0.2) is 6.04 Å². The molecule has 22 heavy (non-hydrogen) atoms. The zero-order valence-corrected chi connectivity index (χ0v) is 14.3. The number of nitrogens with one attached hydrogen (secondary N) is 2. The molecule has 0 bridgehead atoms. The summed E-state index contributed by atoms with van der Waals surface area (Å²) < 4.78 is 4.43. The number of quaternary nitrogens is 1. The summed E-state index contributed by atoms with van der Waals surface area (Å²) in [6.07, 6.45) is -0.723. The van der Waals surface area contributed by atoms with Gasteiger partial charge in [-0.2, -0.15) is 0 Å². The summed E-state index contributed by atoms with van der Waals surface area (Å²) in [5.74, 6) is -0.337. The lowest BCUT2D eigenvalue weighted by molar-refractivity contribution is -0.908. The summed E-state index contributed by atoms with van der Waals surface area (Å²) in [6, 6.07) is 8.09. The van der Waals surface area contributed by atoms with Crippen molar-refractivity contribution in [1.29, 1.82) is 0 Å². The van der Waals surface area contributed by atoms with Crippen LogP contribution >= 0.6 is 0 Å². The summed E-state index contributed by atoms with van der Waals surface area (Å²) >= 11 is 0. The van der Waals surface area contributed by atoms with Gasteiger partial charge in [-0.15, -0.1) is 0 Å². The van der Waals surface area contributed by atoms with Crippen LogP contribution in [0.3, 0.4) is 0 Å². The molecular formula is C17H27N2O3+. The standard InChI is InChI=1S/C17H26N2O3/c1-12(15(20)18-16(21)22-6)19(5)11-13-7-9-14(10-8-13)17(2,3)4/h7-10,12H,11H2,1-6H3,(H,18,20,21)/p+1/t12-/m1/s1. The van der Waals surface area contributed by atoms with Crippen LogP contribution < -0.4 is 10.2 Å². The van der Waals surface area contributed by atoms with Gasteiger partial charge < -0.3 is 9.64 Å². The van der Waals surface area contributed by atoms with Gasteiger partial charge in [0.05, 0.1) is 14.2 Å². The lowest BCUT2D eigenvalue weighted by atomic mass is 9.87. The van der Waals surface area contributed by atoms with Gasteiger partial charge in [-0.05, 0) is 17.9 Å². The Balaban J connectivity index is 2.66. The third kappa shape index (κ3) is 5.15. The molecule has 0 saturated carbocycles. The third-order valence-electron chi connectivity index (χ3n) is 3.85. The Morgan fingerprint density at radius 2 is 1.77 bits per heavy atom. The van der Waals surface area contributed by atoms with Crippen molar-refractivity contribution in [3.05, 3.63) is 35.4 Å². The van der Waals surface area contributed by atoms with Crippen molar-refractivity contribution in [2.75, 3.05) is 14.2 Å². The Morgan fingerprint density at radius 3 is 2.23 bits per heavy atom. The molecule has 0 saturated heterocycles. The van der Waals surface area contributed by atoms with Crippen molar-refractivity contribution < 1.29 is 19.2 Å². The van der Waals surface area contributed by atoms with Gasteiger partial charge in [0.25, 0.3) is 5.91 Å². The SMILES string of the molecule is COC(=O)NC(=O)[C@@H](C)[NH+](C)Cc1ccc(C(C)(C)C)cc1. The van der Waals surface area contributed by atoms with Crippen LogP contribution in [0.4, 0.5) is 4.79 Å². The van der Waals surface area contributed by atoms with Gasteiger partial charge in [-0.25, -0.2) is 4.79 Å². The van der Waals surface area contributed by atoms with E-state index in [-0.39, 0.29) is 17.4 Å². The lowest BCUT2D eigenvalue weighted by Crippen LogP contribution is -3.12. The fourth-order valence-corrected chi connectivity index (χ4v) is 2.08. The smallest absolute Gasteiger partial charge is 0.413 e. The van der Waals surface area contributed by atoms with Crippen molar-refractivity contribution >= 4 is 12.0 Å². The van der Waals surface area contributed by atoms with Crippen molar-refractivity contribution in [1.82, 2.24) is 5.32 Å². The fourth-order valence-electron chi connectivity index (χ4n) is 2.08. The Labute approximate surface area is 132 Å². The first kappa shape index (κ1) is 18.2. The summed E-state index contributed by atoms with van der Waals surface area (Å²) in [6.45, 7) is 9.03. The topological polar surface area (TPSA) is 59.8 Å². The second-order valence-corrected chi connectivity index (χ2v) is 6.67. The minimum Gasteiger partial charge on any atom is -0.453 e. The largest absolute Gasteiger partial charge is 0.453 e. The lowest BCUT2D eigenvalue weighted by Gasteiger charge is -2.22. The van der Waals surface area contributed by atoms with Crippen LogP contribution in [-0.4, -0.2) is 32.2 Å². The number of alkyl carbamates (subject to hydrolysis) is 1. The first-order valence-electron chi connectivity index (χ1n) is 7.45. The molecular weight excluding hydrogens is 280 g/mol. The molecule has 0 aliphatic carbocycles. The quantitative estimate of drug-likeness (QED) is 0.881. The van der Waals surface area contributed by atoms with E-state index in [4.69, 9.17) is 0 Å². The minimum absolute atomic E-state index is 0.130. The number of carbonyl (C=O) groups excluding carboxylic acids is 2. The molecule has 0 spiro atoms. The molecule has 0 radical (unpaired) electrons. The zero-order chi connectivity index (χ0) is 16.9. The van der Waals surface area contributed by atoms with Crippen LogP contribution in [0, 0.1) is 0 Å². The molecule has 1 aromatic rings. The van der Waals surface area contributed by atoms with Crippen molar-refractivity contribution in [3.8, 4) is 0 Å². The van der Waals surface area contributed by atoms with Crippen LogP contribution in [0.15, 0.2) is 24.3 Å². The predicted octanol–water partition coefficient (Wildman–Crippen LogP) is 1.27. The molecule has 0 aromatic heterocycles. The summed E-state index contributed by atoms with van der Waals surface area (Å²) in [5, 5.41) is 2.20. The first-order chi connectivity index (χ1) is 10.1. The van der Waals surface area contributed by atoms with Gasteiger partial charge in [0.1, 0.15) is 6.54 Å². The number of hydrogen-bond acceptors (Lipinski definition) is 3. The van der Waals surface area contributed by atoms with Crippen LogP contribution in [0.5, 0.6) is 0 Å². The Kier molecular flexibility index (Phi) is 6.11. The number of benzene rings is 1. The molecule has 1 unspecified atom stereocenters. The highest BCUT2D eigenvalue weighted by Gasteiger charge is 2.24. The monoisotopic (exact) mass is 307 g/mol. The highest BCUT2D eigenvalue weighted by atomic mass is 16.5. The van der Waals surface area contributed by atoms with Crippen LogP contribution in [0.1, 0.15) is 38.8 Å². The summed E-state index contributed by atoms with van der Waals surface area (Å²) in [7, 11) is 3.17. The average Bonchev–Trinajstić information content (AvgIpc) is 2.45. The van der Waals surface area contributed by atoms with E-state index in [9.17, 15) is 9.59 Å². The van der Waals surface area contributed by atoms with Crippen LogP contribution in [-0.2, 0) is 21.5 Å². The van der Waals surface area contributed by atoms with Gasteiger partial charge in [-0.1, -0.05) is 45.0 Å². The molecule has 0 heterocycles. The maximum Gasteiger partial charge on any atom is 0.413 e. The average molecular weight is 307 g/mol. The Bertz CT molecular complexity index is 518. The van der Waals surface area contributed by atoms with Crippen molar-refractivity contribution in [2.45, 2.75) is 45.7 Å². The van der Waals surface area contributed by atoms with E-state index in [0.29, 0.717) is 6.54 Å². The molecule has 0 fully saturated rings. The first-order valence-corrected chi connectivity index (χ1v) is 7.45. The maximum atomic E-state index is 11.9. The number of rotatable bonds is 4. The Hall–Kier alpha value is -1.88. The van der Waals surface area contributed by atoms with Crippen LogP contribution in [0.25, 0.3) is 0 Å². The van der Waals surface area contributed by atoms with E-state index in [1.807, 2.05) is 7.05 Å². The van der Waals surface area contributed by atoms with Gasteiger partial charge >= 0.3 is 6.09 Å². The maximum absolute atomic E-state index is 11.9. The Morgan fingerprint density at radius 1 is 1.23 bits per heavy atom. The molecule has 1 rings (SSSR count). The van der Waals surface area contributed by atoms with Gasteiger partial charge in [0.2, 0.25) is 0 Å². The zero-order valence-electron chi connectivity index (χ0n) is 14.3. The molecule has 2 N–H and O–H groups in total.